The van der Waals surface area contributed by atoms with Gasteiger partial charge in [0.25, 0.3) is 5.91 Å². The molecule has 3 N–H and O–H groups in total. The lowest BCUT2D eigenvalue weighted by atomic mass is 10.1. The van der Waals surface area contributed by atoms with Crippen molar-refractivity contribution in [1.29, 1.82) is 0 Å². The molecule has 0 heterocycles. The number of carbonyl (C=O) groups excluding carboxylic acids is 1. The summed E-state index contributed by atoms with van der Waals surface area (Å²) in [6, 6.07) is 7.06. The normalized spacial score (nSPS) is 10.1. The minimum atomic E-state index is -0.128. The molecule has 0 aliphatic carbocycles. The van der Waals surface area contributed by atoms with E-state index in [4.69, 9.17) is 10.5 Å². The summed E-state index contributed by atoms with van der Waals surface area (Å²) in [4.78, 5) is 11.8. The highest BCUT2D eigenvalue weighted by atomic mass is 35.5. The maximum atomic E-state index is 11.8. The van der Waals surface area contributed by atoms with Crippen LogP contribution in [-0.2, 0) is 4.74 Å². The van der Waals surface area contributed by atoms with Crippen molar-refractivity contribution in [2.75, 3.05) is 25.5 Å². The van der Waals surface area contributed by atoms with Gasteiger partial charge < -0.3 is 15.8 Å². The van der Waals surface area contributed by atoms with Crippen LogP contribution in [0.5, 0.6) is 0 Å². The number of nitrogens with one attached hydrogen (secondary N) is 1. The highest BCUT2D eigenvalue weighted by Gasteiger charge is 2.07. The third-order valence-corrected chi connectivity index (χ3v) is 2.41. The summed E-state index contributed by atoms with van der Waals surface area (Å²) in [7, 11) is 0. The number of ether oxygens (including phenoxy) is 1. The Morgan fingerprint density at radius 2 is 2.05 bits per heavy atom. The van der Waals surface area contributed by atoms with Crippen LogP contribution in [0.2, 0.25) is 0 Å². The molecule has 0 saturated heterocycles. The number of carbonyl (C=O) groups is 1. The zero-order valence-corrected chi connectivity index (χ0v) is 12.3. The lowest BCUT2D eigenvalue weighted by molar-refractivity contribution is 0.0926. The molecule has 1 aromatic rings. The topological polar surface area (TPSA) is 64.3 Å². The molecule has 0 spiro atoms. The number of nitrogens with two attached hydrogens (primary N) is 1. The number of nitrogen functional groups attached to an aromatic ring is 1. The third kappa shape index (κ3) is 7.03. The van der Waals surface area contributed by atoms with Crippen molar-refractivity contribution in [3.8, 4) is 0 Å². The predicted molar refractivity (Wildman–Crippen MR) is 80.7 cm³/mol. The number of anilines is 1. The van der Waals surface area contributed by atoms with Crippen LogP contribution in [0.1, 0.15) is 30.6 Å². The second kappa shape index (κ2) is 9.64. The minimum Gasteiger partial charge on any atom is -0.398 e. The van der Waals surface area contributed by atoms with Gasteiger partial charge in [-0.2, -0.15) is 0 Å². The molecule has 108 valence electrons. The summed E-state index contributed by atoms with van der Waals surface area (Å²) >= 11 is 0. The average Bonchev–Trinajstić information content (AvgIpc) is 2.33. The molecule has 0 unspecified atom stereocenters. The first kappa shape index (κ1) is 17.7. The molecule has 5 heteroatoms. The highest BCUT2D eigenvalue weighted by Crippen LogP contribution is 2.09. The van der Waals surface area contributed by atoms with Crippen LogP contribution in [0.25, 0.3) is 0 Å². The Kier molecular flexibility index (Phi) is 9.00. The Bertz CT molecular complexity index is 383. The summed E-state index contributed by atoms with van der Waals surface area (Å²) in [5, 5.41) is 2.83. The molecular formula is C14H23ClN2O2. The van der Waals surface area contributed by atoms with E-state index in [2.05, 4.69) is 19.2 Å². The van der Waals surface area contributed by atoms with Gasteiger partial charge in [-0.25, -0.2) is 0 Å². The monoisotopic (exact) mass is 286 g/mol. The number of amides is 1. The van der Waals surface area contributed by atoms with E-state index in [1.54, 1.807) is 18.2 Å². The fourth-order valence-corrected chi connectivity index (χ4v) is 1.49. The average molecular weight is 287 g/mol. The molecule has 0 aliphatic rings. The number of rotatable bonds is 7. The maximum Gasteiger partial charge on any atom is 0.253 e. The number of hydrogen-bond donors (Lipinski definition) is 2. The molecule has 0 saturated carbocycles. The van der Waals surface area contributed by atoms with Gasteiger partial charge in [0.15, 0.2) is 0 Å². The Labute approximate surface area is 121 Å². The van der Waals surface area contributed by atoms with Gasteiger partial charge in [0.1, 0.15) is 0 Å². The Balaban J connectivity index is 0.00000324. The molecule has 1 aromatic carbocycles. The fraction of sp³-hybridized carbons (Fsp3) is 0.500. The first-order valence-electron chi connectivity index (χ1n) is 6.31. The van der Waals surface area contributed by atoms with Gasteiger partial charge in [-0.05, 0) is 24.5 Å². The number of benzene rings is 1. The molecule has 0 aliphatic heterocycles. The zero-order chi connectivity index (χ0) is 13.4. The van der Waals surface area contributed by atoms with E-state index in [1.165, 1.54) is 0 Å². The summed E-state index contributed by atoms with van der Waals surface area (Å²) in [5.74, 6) is 0.417. The van der Waals surface area contributed by atoms with E-state index in [0.717, 1.165) is 13.0 Å². The van der Waals surface area contributed by atoms with Crippen molar-refractivity contribution in [1.82, 2.24) is 5.32 Å². The van der Waals surface area contributed by atoms with Gasteiger partial charge in [0, 0.05) is 25.4 Å². The van der Waals surface area contributed by atoms with Crippen LogP contribution in [0.4, 0.5) is 5.69 Å². The molecule has 4 nitrogen and oxygen atoms in total. The molecule has 0 radical (unpaired) electrons. The van der Waals surface area contributed by atoms with Gasteiger partial charge in [-0.3, -0.25) is 4.79 Å². The molecule has 0 atom stereocenters. The number of hydrogen-bond acceptors (Lipinski definition) is 3. The summed E-state index contributed by atoms with van der Waals surface area (Å²) in [6.07, 6.45) is 0.811. The number of para-hydroxylation sites is 1. The molecule has 1 rings (SSSR count). The Hall–Kier alpha value is -1.26. The van der Waals surface area contributed by atoms with Gasteiger partial charge in [-0.15, -0.1) is 12.4 Å². The lowest BCUT2D eigenvalue weighted by Gasteiger charge is -2.08. The van der Waals surface area contributed by atoms with Crippen molar-refractivity contribution in [3.63, 3.8) is 0 Å². The van der Waals surface area contributed by atoms with Crippen molar-refractivity contribution < 1.29 is 9.53 Å². The van der Waals surface area contributed by atoms with E-state index in [1.807, 2.05) is 6.07 Å². The molecule has 19 heavy (non-hydrogen) atoms. The molecule has 0 aromatic heterocycles. The summed E-state index contributed by atoms with van der Waals surface area (Å²) in [6.45, 7) is 6.26. The summed E-state index contributed by atoms with van der Waals surface area (Å²) in [5.41, 5.74) is 6.76. The standard InChI is InChI=1S/C14H22N2O2.ClH/c1-11(2)10-18-9-5-8-16-14(17)12-6-3-4-7-13(12)15;/h3-4,6-7,11H,5,8-10,15H2,1-2H3,(H,16,17);1H. The zero-order valence-electron chi connectivity index (χ0n) is 11.5. The van der Waals surface area contributed by atoms with Crippen molar-refractivity contribution in [2.24, 2.45) is 5.92 Å². The first-order chi connectivity index (χ1) is 8.61. The summed E-state index contributed by atoms with van der Waals surface area (Å²) < 4.78 is 5.43. The minimum absolute atomic E-state index is 0. The smallest absolute Gasteiger partial charge is 0.253 e. The highest BCUT2D eigenvalue weighted by molar-refractivity contribution is 5.98. The van der Waals surface area contributed by atoms with Crippen molar-refractivity contribution in [2.45, 2.75) is 20.3 Å². The van der Waals surface area contributed by atoms with Crippen LogP contribution < -0.4 is 11.1 Å². The Morgan fingerprint density at radius 3 is 2.68 bits per heavy atom. The van der Waals surface area contributed by atoms with E-state index in [-0.39, 0.29) is 18.3 Å². The van der Waals surface area contributed by atoms with E-state index in [0.29, 0.717) is 30.3 Å². The second-order valence-electron chi connectivity index (χ2n) is 4.67. The van der Waals surface area contributed by atoms with Gasteiger partial charge in [-0.1, -0.05) is 26.0 Å². The first-order valence-corrected chi connectivity index (χ1v) is 6.31. The third-order valence-electron chi connectivity index (χ3n) is 2.41. The van der Waals surface area contributed by atoms with Crippen molar-refractivity contribution in [3.05, 3.63) is 29.8 Å². The quantitative estimate of drug-likeness (QED) is 0.598. The Morgan fingerprint density at radius 1 is 1.37 bits per heavy atom. The van der Waals surface area contributed by atoms with Crippen LogP contribution in [0.3, 0.4) is 0 Å². The van der Waals surface area contributed by atoms with Crippen LogP contribution >= 0.6 is 12.4 Å². The van der Waals surface area contributed by atoms with Gasteiger partial charge in [0.05, 0.1) is 5.56 Å². The van der Waals surface area contributed by atoms with Crippen molar-refractivity contribution >= 4 is 24.0 Å². The second-order valence-corrected chi connectivity index (χ2v) is 4.67. The van der Waals surface area contributed by atoms with E-state index in [9.17, 15) is 4.79 Å². The maximum absolute atomic E-state index is 11.8. The lowest BCUT2D eigenvalue weighted by Crippen LogP contribution is -2.26. The van der Waals surface area contributed by atoms with Gasteiger partial charge in [0.2, 0.25) is 0 Å². The van der Waals surface area contributed by atoms with Gasteiger partial charge >= 0.3 is 0 Å². The van der Waals surface area contributed by atoms with Crippen LogP contribution in [-0.4, -0.2) is 25.7 Å². The van der Waals surface area contributed by atoms with Crippen LogP contribution in [0, 0.1) is 5.92 Å². The molecule has 0 fully saturated rings. The molecule has 1 amide bonds. The van der Waals surface area contributed by atoms with Crippen LogP contribution in [0.15, 0.2) is 24.3 Å². The fourth-order valence-electron chi connectivity index (χ4n) is 1.49. The van der Waals surface area contributed by atoms with E-state index < -0.39 is 0 Å². The largest absolute Gasteiger partial charge is 0.398 e. The number of halogens is 1. The molecule has 0 bridgehead atoms. The molecular weight excluding hydrogens is 264 g/mol. The van der Waals surface area contributed by atoms with E-state index >= 15 is 0 Å². The predicted octanol–water partition coefficient (Wildman–Crippen LogP) is 2.48. The SMILES string of the molecule is CC(C)COCCCNC(=O)c1ccccc1N.Cl.